The van der Waals surface area contributed by atoms with Gasteiger partial charge in [-0.15, -0.1) is 0 Å². The summed E-state index contributed by atoms with van der Waals surface area (Å²) in [6.45, 7) is 14.5. The number of hydrogen-bond acceptors (Lipinski definition) is 4. The summed E-state index contributed by atoms with van der Waals surface area (Å²) in [6.07, 6.45) is 28.9. The molecule has 4 heteroatoms. The fraction of sp³-hybridized carbons (Fsp3) is 0.267. The van der Waals surface area contributed by atoms with Crippen LogP contribution in [-0.4, -0.2) is 0 Å². The Kier molecular flexibility index (Phi) is 19.5. The van der Waals surface area contributed by atoms with Crippen LogP contribution in [0, 0.1) is 0 Å². The molecule has 0 atom stereocenters. The molecule has 4 nitrogen and oxygen atoms in total. The van der Waals surface area contributed by atoms with Crippen LogP contribution in [0.1, 0.15) is 274 Å². The van der Waals surface area contributed by atoms with Crippen molar-refractivity contribution in [1.29, 1.82) is 0 Å². The number of anilines is 3. The number of unbranched alkanes of at least 4 members (excludes halogenated alkanes) is 16. The van der Waals surface area contributed by atoms with Crippen molar-refractivity contribution in [3.8, 4) is 89.0 Å². The van der Waals surface area contributed by atoms with Crippen LogP contribution in [0.3, 0.4) is 0 Å². The summed E-state index contributed by atoms with van der Waals surface area (Å²) >= 11 is 0. The van der Waals surface area contributed by atoms with Crippen molar-refractivity contribution in [2.45, 2.75) is 223 Å². The van der Waals surface area contributed by atoms with E-state index in [9.17, 15) is 0 Å². The van der Waals surface area contributed by atoms with Gasteiger partial charge in [0.25, 0.3) is 0 Å². The zero-order valence-electron chi connectivity index (χ0n) is 79.1. The Hall–Kier alpha value is -13.3. The van der Waals surface area contributed by atoms with E-state index in [1.165, 1.54) is 282 Å². The Bertz CT molecular complexity index is 7950. The molecule has 3 heterocycles. The topological polar surface area (TPSA) is 42.7 Å². The van der Waals surface area contributed by atoms with Gasteiger partial charge in [-0.25, -0.2) is 0 Å². The van der Waals surface area contributed by atoms with Gasteiger partial charge in [-0.2, -0.15) is 0 Å². The molecule has 0 bridgehead atoms. The number of benzene rings is 16. The first-order valence-corrected chi connectivity index (χ1v) is 51.5. The molecule has 0 radical (unpaired) electrons. The molecule has 0 amide bonds. The number of para-hydroxylation sites is 3. The zero-order valence-corrected chi connectivity index (χ0v) is 79.1. The first kappa shape index (κ1) is 82.4. The molecule has 0 aliphatic heterocycles. The average Bonchev–Trinajstić information content (AvgIpc) is 1.51. The molecule has 2 spiro atoms. The number of hydrogen-bond donors (Lipinski definition) is 0. The molecule has 0 saturated carbocycles. The normalized spacial score (nSPS) is 15.2. The fourth-order valence-electron chi connectivity index (χ4n) is 28.2. The minimum absolute atomic E-state index is 0.231. The smallest absolute Gasteiger partial charge is 0.144 e. The second-order valence-electron chi connectivity index (χ2n) is 41.4. The third-order valence-electron chi connectivity index (χ3n) is 34.0. The van der Waals surface area contributed by atoms with Gasteiger partial charge in [0.1, 0.15) is 33.5 Å². The maximum atomic E-state index is 7.79. The van der Waals surface area contributed by atoms with E-state index in [1.807, 2.05) is 0 Å². The quantitative estimate of drug-likeness (QED) is 0.0458. The lowest BCUT2D eigenvalue weighted by Gasteiger charge is -2.40. The maximum absolute atomic E-state index is 7.79. The van der Waals surface area contributed by atoms with Crippen molar-refractivity contribution in [1.82, 2.24) is 0 Å². The molecule has 7 aliphatic rings. The molecule has 0 N–H and O–H groups in total. The lowest BCUT2D eigenvalue weighted by atomic mass is 9.62. The van der Waals surface area contributed by atoms with Gasteiger partial charge in [-0.05, 0) is 260 Å². The molecular formula is C131H117NO3. The Morgan fingerprint density at radius 3 is 1.13 bits per heavy atom. The van der Waals surface area contributed by atoms with E-state index in [4.69, 9.17) is 13.3 Å². The Labute approximate surface area is 794 Å². The lowest BCUT2D eigenvalue weighted by Crippen LogP contribution is -2.33. The highest BCUT2D eigenvalue weighted by Crippen LogP contribution is 2.73. The fourth-order valence-corrected chi connectivity index (χ4v) is 28.2. The predicted octanol–water partition coefficient (Wildman–Crippen LogP) is 37.5. The third kappa shape index (κ3) is 11.6. The van der Waals surface area contributed by atoms with Crippen molar-refractivity contribution in [3.05, 3.63) is 387 Å². The Morgan fingerprint density at radius 1 is 0.222 bits per heavy atom. The van der Waals surface area contributed by atoms with Crippen molar-refractivity contribution >= 4 is 82.9 Å². The van der Waals surface area contributed by atoms with Gasteiger partial charge in [-0.3, -0.25) is 0 Å². The van der Waals surface area contributed by atoms with Gasteiger partial charge < -0.3 is 18.2 Å². The van der Waals surface area contributed by atoms with E-state index < -0.39 is 16.2 Å². The van der Waals surface area contributed by atoms with E-state index in [-0.39, 0.29) is 10.8 Å². The Balaban J connectivity index is 0.759. The molecule has 19 aromatic rings. The molecule has 16 aromatic carbocycles. The van der Waals surface area contributed by atoms with Crippen LogP contribution in [0.5, 0.6) is 0 Å². The Morgan fingerprint density at radius 2 is 0.585 bits per heavy atom. The van der Waals surface area contributed by atoms with Crippen LogP contribution < -0.4 is 4.90 Å². The van der Waals surface area contributed by atoms with E-state index in [1.54, 1.807) is 16.7 Å². The van der Waals surface area contributed by atoms with Crippen LogP contribution in [0.2, 0.25) is 0 Å². The van der Waals surface area contributed by atoms with Crippen molar-refractivity contribution < 1.29 is 13.3 Å². The number of rotatable bonds is 28. The van der Waals surface area contributed by atoms with Crippen LogP contribution in [0.25, 0.3) is 155 Å². The zero-order chi connectivity index (χ0) is 90.2. The summed E-state index contributed by atoms with van der Waals surface area (Å²) < 4.78 is 22.0. The largest absolute Gasteiger partial charge is 0.456 e. The maximum Gasteiger partial charge on any atom is 0.144 e. The second kappa shape index (κ2) is 31.9. The van der Waals surface area contributed by atoms with Gasteiger partial charge in [0.2, 0.25) is 0 Å². The van der Waals surface area contributed by atoms with Gasteiger partial charge >= 0.3 is 0 Å². The third-order valence-corrected chi connectivity index (χ3v) is 34.0. The predicted molar refractivity (Wildman–Crippen MR) is 564 cm³/mol. The van der Waals surface area contributed by atoms with E-state index in [0.29, 0.717) is 0 Å². The van der Waals surface area contributed by atoms with Crippen molar-refractivity contribution in [2.24, 2.45) is 0 Å². The molecule has 0 unspecified atom stereocenters. The molecule has 26 rings (SSSR count). The summed E-state index contributed by atoms with van der Waals surface area (Å²) in [4.78, 5) is 2.76. The number of nitrogens with zero attached hydrogens (tertiary/aromatic N) is 1. The van der Waals surface area contributed by atoms with Gasteiger partial charge in [0, 0.05) is 76.8 Å². The van der Waals surface area contributed by atoms with E-state index in [2.05, 4.69) is 356 Å². The molecule has 664 valence electrons. The van der Waals surface area contributed by atoms with Gasteiger partial charge in [0.05, 0.1) is 10.8 Å². The standard InChI is InChI=1S/C131H117NO3/c1-7-11-15-19-42-72-128(73-43-20-16-12-8-2)100-56-34-30-52-91(100)122-124(128)123-119(121-96-55-33-41-63-114(96)135-126(121)122)93-69-66-84(77-107(93)129(123,74-44-21-17-13-9-3)75-45-22-18-14-10-4)132(83-65-68-92-106(76-83)127(5,6)111-79-97(82-46-24-23-25-47-82)125-120(116(92)111)95-54-32-40-62-113(95)134-125)85-64-67-90-98-80-110-99(81-109(98)131(108(90)78-85)103-59-37-28-50-88(103)89-51-29-38-60-104(89)131)117-105(70-71-115-118(117)94-53-31-39-61-112(94)133-115)130(110)101-57-35-26-48-86(101)87-49-27-36-58-102(87)130/h23-41,46-71,76-81H,7-22,42-45,72-75H2,1-6H3. The summed E-state index contributed by atoms with van der Waals surface area (Å²) in [5.41, 5.74) is 46.9. The van der Waals surface area contributed by atoms with E-state index in [0.717, 1.165) is 105 Å². The second-order valence-corrected chi connectivity index (χ2v) is 41.4. The molecular weight excluding hydrogens is 1640 g/mol. The van der Waals surface area contributed by atoms with Crippen molar-refractivity contribution in [3.63, 3.8) is 0 Å². The molecule has 0 saturated heterocycles. The first-order valence-electron chi connectivity index (χ1n) is 51.5. The van der Waals surface area contributed by atoms with Crippen LogP contribution in [0.4, 0.5) is 17.1 Å². The highest BCUT2D eigenvalue weighted by atomic mass is 16.3. The van der Waals surface area contributed by atoms with Crippen molar-refractivity contribution in [2.75, 3.05) is 4.90 Å². The summed E-state index contributed by atoms with van der Waals surface area (Å²) in [6, 6.07) is 121. The minimum atomic E-state index is -0.765. The number of furan rings is 3. The van der Waals surface area contributed by atoms with E-state index >= 15 is 0 Å². The highest BCUT2D eigenvalue weighted by Gasteiger charge is 2.59. The number of fused-ring (bicyclic) bond motifs is 43. The van der Waals surface area contributed by atoms with Crippen LogP contribution in [-0.2, 0) is 27.1 Å². The van der Waals surface area contributed by atoms with Crippen LogP contribution >= 0.6 is 0 Å². The molecule has 3 aromatic heterocycles. The lowest BCUT2D eigenvalue weighted by molar-refractivity contribution is 0.369. The summed E-state index contributed by atoms with van der Waals surface area (Å²) in [5, 5.41) is 7.19. The summed E-state index contributed by atoms with van der Waals surface area (Å²) in [7, 11) is 0. The molecule has 0 fully saturated rings. The molecule has 135 heavy (non-hydrogen) atoms. The highest BCUT2D eigenvalue weighted by molar-refractivity contribution is 6.23. The van der Waals surface area contributed by atoms with Gasteiger partial charge in [0.15, 0.2) is 0 Å². The first-order chi connectivity index (χ1) is 66.6. The average molecular weight is 1750 g/mol. The van der Waals surface area contributed by atoms with Gasteiger partial charge in [-0.1, -0.05) is 400 Å². The summed E-state index contributed by atoms with van der Waals surface area (Å²) in [5.74, 6) is 0. The monoisotopic (exact) mass is 1750 g/mol. The SMILES string of the molecule is CCCCCCCC1(CCCCCCC)c2ccccc2-c2c1c1c(c3c2oc2ccccc23)-c2ccc(N(c3ccc4c(c3)C(C)(C)c3cc(-c5ccccc5)c5oc6ccccc6c5c3-4)c3ccc4c(c3)C3(c5ccccc5-c5ccccc53)c3cc5c(cc3-4)C3(c4ccccc4-c4ccccc43)c3ccc4oc6ccccc6c4c3-5)cc2C1(CCCCCCC)CCCCCCC. The molecule has 7 aliphatic carbocycles. The van der Waals surface area contributed by atoms with Crippen LogP contribution in [0.15, 0.2) is 323 Å². The minimum Gasteiger partial charge on any atom is -0.456 e.